The van der Waals surface area contributed by atoms with Crippen LogP contribution >= 0.6 is 0 Å². The first kappa shape index (κ1) is 13.6. The maximum absolute atomic E-state index is 12.9. The molecule has 0 amide bonds. The van der Waals surface area contributed by atoms with Gasteiger partial charge in [-0.15, -0.1) is 8.78 Å². The van der Waals surface area contributed by atoms with E-state index in [1.165, 1.54) is 16.8 Å². The minimum Gasteiger partial charge on any atom is -0.395 e. The summed E-state index contributed by atoms with van der Waals surface area (Å²) in [6.45, 7) is 0.0765. The summed E-state index contributed by atoms with van der Waals surface area (Å²) in [7, 11) is 0. The third-order valence-electron chi connectivity index (χ3n) is 2.89. The van der Waals surface area contributed by atoms with E-state index in [-0.39, 0.29) is 18.0 Å². The monoisotopic (exact) mass is 299 g/mol. The molecule has 1 aliphatic rings. The number of nitrogens with one attached hydrogen (secondary N) is 1. The van der Waals surface area contributed by atoms with E-state index in [1.807, 2.05) is 0 Å². The van der Waals surface area contributed by atoms with Crippen LogP contribution in [0, 0.1) is 0 Å². The van der Waals surface area contributed by atoms with Crippen LogP contribution in [-0.4, -0.2) is 22.7 Å². The summed E-state index contributed by atoms with van der Waals surface area (Å²) in [4.78, 5) is 0. The zero-order valence-corrected chi connectivity index (χ0v) is 10.9. The maximum atomic E-state index is 12.9. The molecule has 0 aliphatic carbocycles. The van der Waals surface area contributed by atoms with Crippen molar-refractivity contribution < 1.29 is 22.6 Å². The topological polar surface area (TPSA) is 48.3 Å². The molecule has 1 aromatic heterocycles. The molecule has 3 rings (SSSR count). The fraction of sp³-hybridized carbons (Fsp3) is 0.308. The van der Waals surface area contributed by atoms with E-state index in [0.29, 0.717) is 12.4 Å². The lowest BCUT2D eigenvalue weighted by atomic mass is 10.2. The van der Waals surface area contributed by atoms with Gasteiger partial charge in [0.25, 0.3) is 0 Å². The van der Waals surface area contributed by atoms with Crippen molar-refractivity contribution in [2.45, 2.75) is 19.4 Å². The van der Waals surface area contributed by atoms with Gasteiger partial charge in [0.2, 0.25) is 0 Å². The molecule has 0 saturated carbocycles. The number of rotatable bonds is 5. The van der Waals surface area contributed by atoms with Crippen LogP contribution in [0.2, 0.25) is 0 Å². The Labute approximate surface area is 118 Å². The van der Waals surface area contributed by atoms with Crippen molar-refractivity contribution in [1.29, 1.82) is 0 Å². The Morgan fingerprint density at radius 1 is 1.19 bits per heavy atom. The molecule has 5 nitrogen and oxygen atoms in total. The van der Waals surface area contributed by atoms with Crippen molar-refractivity contribution in [3.8, 4) is 11.5 Å². The van der Waals surface area contributed by atoms with Crippen LogP contribution in [-0.2, 0) is 13.1 Å². The summed E-state index contributed by atoms with van der Waals surface area (Å²) in [5.74, 6) is 0.588. The summed E-state index contributed by atoms with van der Waals surface area (Å²) >= 11 is 0. The zero-order valence-electron chi connectivity index (χ0n) is 10.9. The molecule has 112 valence electrons. The summed E-state index contributed by atoms with van der Waals surface area (Å²) < 4.78 is 48.1. The van der Waals surface area contributed by atoms with Crippen molar-refractivity contribution in [3.63, 3.8) is 0 Å². The lowest BCUT2D eigenvalue weighted by molar-refractivity contribution is -0.286. The summed E-state index contributed by atoms with van der Waals surface area (Å²) in [6, 6.07) is 6.25. The van der Waals surface area contributed by atoms with Crippen LogP contribution in [0.4, 0.5) is 19.0 Å². The van der Waals surface area contributed by atoms with Gasteiger partial charge in [0, 0.05) is 18.8 Å². The standard InChI is InChI=1S/C13H12F3N3O2/c14-4-6-19-5-3-12(18-19)17-8-9-1-2-10-11(7-9)21-13(15,16)20-10/h1-3,5,7H,4,6,8H2,(H,17,18). The van der Waals surface area contributed by atoms with Gasteiger partial charge in [-0.3, -0.25) is 4.68 Å². The first-order valence-corrected chi connectivity index (χ1v) is 6.28. The van der Waals surface area contributed by atoms with Gasteiger partial charge < -0.3 is 14.8 Å². The van der Waals surface area contributed by atoms with Crippen LogP contribution in [0.15, 0.2) is 30.5 Å². The average Bonchev–Trinajstić information content (AvgIpc) is 2.98. The lowest BCUT2D eigenvalue weighted by Crippen LogP contribution is -2.25. The minimum atomic E-state index is -3.61. The van der Waals surface area contributed by atoms with Gasteiger partial charge in [-0.2, -0.15) is 5.10 Å². The number of hydrogen-bond donors (Lipinski definition) is 1. The zero-order chi connectivity index (χ0) is 14.9. The molecule has 0 bridgehead atoms. The number of hydrogen-bond acceptors (Lipinski definition) is 4. The second kappa shape index (κ2) is 5.19. The van der Waals surface area contributed by atoms with Gasteiger partial charge in [-0.05, 0) is 17.7 Å². The van der Waals surface area contributed by atoms with Crippen LogP contribution in [0.1, 0.15) is 5.56 Å². The van der Waals surface area contributed by atoms with Crippen LogP contribution in [0.25, 0.3) is 0 Å². The predicted octanol–water partition coefficient (Wildman–Crippen LogP) is 2.79. The minimum absolute atomic E-state index is 0.00209. The van der Waals surface area contributed by atoms with Crippen molar-refractivity contribution in [2.75, 3.05) is 12.0 Å². The third-order valence-corrected chi connectivity index (χ3v) is 2.89. The Balaban J connectivity index is 1.64. The van der Waals surface area contributed by atoms with Gasteiger partial charge in [0.15, 0.2) is 11.5 Å². The first-order chi connectivity index (χ1) is 10.1. The van der Waals surface area contributed by atoms with Gasteiger partial charge in [-0.25, -0.2) is 4.39 Å². The van der Waals surface area contributed by atoms with Gasteiger partial charge >= 0.3 is 6.29 Å². The maximum Gasteiger partial charge on any atom is 0.586 e. The van der Waals surface area contributed by atoms with Gasteiger partial charge in [0.1, 0.15) is 12.5 Å². The van der Waals surface area contributed by atoms with E-state index in [1.54, 1.807) is 18.3 Å². The number of alkyl halides is 3. The van der Waals surface area contributed by atoms with Crippen molar-refractivity contribution in [3.05, 3.63) is 36.0 Å². The summed E-state index contributed by atoms with van der Waals surface area (Å²) in [6.07, 6.45) is -1.96. The van der Waals surface area contributed by atoms with Gasteiger partial charge in [0.05, 0.1) is 6.54 Å². The largest absolute Gasteiger partial charge is 0.586 e. The fourth-order valence-electron chi connectivity index (χ4n) is 1.96. The Morgan fingerprint density at radius 3 is 2.81 bits per heavy atom. The molecule has 0 unspecified atom stereocenters. The molecular weight excluding hydrogens is 287 g/mol. The van der Waals surface area contributed by atoms with E-state index in [2.05, 4.69) is 19.9 Å². The smallest absolute Gasteiger partial charge is 0.395 e. The molecule has 1 aliphatic heterocycles. The molecule has 0 saturated heterocycles. The highest BCUT2D eigenvalue weighted by molar-refractivity contribution is 5.46. The van der Waals surface area contributed by atoms with E-state index < -0.39 is 13.0 Å². The molecular formula is C13H12F3N3O2. The fourth-order valence-corrected chi connectivity index (χ4v) is 1.96. The number of nitrogens with zero attached hydrogens (tertiary/aromatic N) is 2. The van der Waals surface area contributed by atoms with E-state index >= 15 is 0 Å². The lowest BCUT2D eigenvalue weighted by Gasteiger charge is -2.05. The highest BCUT2D eigenvalue weighted by Crippen LogP contribution is 2.41. The second-order valence-corrected chi connectivity index (χ2v) is 4.46. The summed E-state index contributed by atoms with van der Waals surface area (Å²) in [5, 5.41) is 7.11. The number of aromatic nitrogens is 2. The molecule has 0 fully saturated rings. The van der Waals surface area contributed by atoms with Crippen molar-refractivity contribution in [1.82, 2.24) is 9.78 Å². The number of ether oxygens (including phenoxy) is 2. The second-order valence-electron chi connectivity index (χ2n) is 4.46. The molecule has 0 atom stereocenters. The molecule has 2 aromatic rings. The van der Waals surface area contributed by atoms with E-state index in [0.717, 1.165) is 5.56 Å². The van der Waals surface area contributed by atoms with Gasteiger partial charge in [-0.1, -0.05) is 6.07 Å². The molecule has 0 spiro atoms. The Hall–Kier alpha value is -2.38. The number of aryl methyl sites for hydroxylation is 1. The summed E-state index contributed by atoms with van der Waals surface area (Å²) in [5.41, 5.74) is 0.732. The molecule has 0 radical (unpaired) electrons. The number of halogens is 3. The quantitative estimate of drug-likeness (QED) is 0.922. The first-order valence-electron chi connectivity index (χ1n) is 6.28. The number of anilines is 1. The molecule has 1 N–H and O–H groups in total. The van der Waals surface area contributed by atoms with Crippen LogP contribution in [0.5, 0.6) is 11.5 Å². The SMILES string of the molecule is FCCn1ccc(NCc2ccc3c(c2)OC(F)(F)O3)n1. The predicted molar refractivity (Wildman–Crippen MR) is 68.2 cm³/mol. The average molecular weight is 299 g/mol. The van der Waals surface area contributed by atoms with E-state index in [9.17, 15) is 13.2 Å². The number of benzene rings is 1. The molecule has 21 heavy (non-hydrogen) atoms. The highest BCUT2D eigenvalue weighted by atomic mass is 19.3. The van der Waals surface area contributed by atoms with Crippen LogP contribution in [0.3, 0.4) is 0 Å². The van der Waals surface area contributed by atoms with Crippen molar-refractivity contribution >= 4 is 5.82 Å². The normalized spacial score (nSPS) is 15.2. The Kier molecular flexibility index (Phi) is 3.36. The molecule has 2 heterocycles. The highest BCUT2D eigenvalue weighted by Gasteiger charge is 2.43. The Bertz CT molecular complexity index is 645. The molecule has 8 heteroatoms. The van der Waals surface area contributed by atoms with Crippen molar-refractivity contribution in [2.24, 2.45) is 0 Å². The molecule has 1 aromatic carbocycles. The third kappa shape index (κ3) is 3.04. The Morgan fingerprint density at radius 2 is 2.00 bits per heavy atom. The van der Waals surface area contributed by atoms with E-state index in [4.69, 9.17) is 0 Å². The van der Waals surface area contributed by atoms with Crippen LogP contribution < -0.4 is 14.8 Å². The number of fused-ring (bicyclic) bond motifs is 1.